The van der Waals surface area contributed by atoms with E-state index in [1.165, 1.54) is 12.1 Å². The number of hydrogen-bond donors (Lipinski definition) is 2. The third-order valence-corrected chi connectivity index (χ3v) is 5.94. The number of rotatable bonds is 7. The molecule has 0 unspecified atom stereocenters. The van der Waals surface area contributed by atoms with Gasteiger partial charge in [0.1, 0.15) is 33.7 Å². The molecule has 168 valence electrons. The molecule has 0 aliphatic rings. The van der Waals surface area contributed by atoms with Crippen molar-refractivity contribution in [1.29, 1.82) is 5.26 Å². The summed E-state index contributed by atoms with van der Waals surface area (Å²) in [6, 6.07) is 13.6. The number of anilines is 1. The minimum atomic E-state index is -0.717. The van der Waals surface area contributed by atoms with E-state index < -0.39 is 11.9 Å². The van der Waals surface area contributed by atoms with Crippen LogP contribution in [-0.4, -0.2) is 30.7 Å². The maximum atomic E-state index is 12.8. The summed E-state index contributed by atoms with van der Waals surface area (Å²) in [5.41, 5.74) is 1.58. The summed E-state index contributed by atoms with van der Waals surface area (Å²) in [6.45, 7) is 1.85. The number of thiophene rings is 1. The van der Waals surface area contributed by atoms with Gasteiger partial charge in [-0.15, -0.1) is 11.3 Å². The fourth-order valence-electron chi connectivity index (χ4n) is 2.95. The summed E-state index contributed by atoms with van der Waals surface area (Å²) in [5.74, 6) is -0.721. The van der Waals surface area contributed by atoms with E-state index in [4.69, 9.17) is 9.47 Å². The average molecular weight is 527 g/mol. The van der Waals surface area contributed by atoms with Gasteiger partial charge >= 0.3 is 5.97 Å². The Morgan fingerprint density at radius 3 is 2.61 bits per heavy atom. The van der Waals surface area contributed by atoms with E-state index in [0.717, 1.165) is 16.9 Å². The van der Waals surface area contributed by atoms with Gasteiger partial charge in [-0.1, -0.05) is 28.1 Å². The Kier molecular flexibility index (Phi) is 7.87. The number of nitrogens with one attached hydrogen (secondary N) is 1. The van der Waals surface area contributed by atoms with Gasteiger partial charge in [0.05, 0.1) is 13.7 Å². The lowest BCUT2D eigenvalue weighted by atomic mass is 10.0. The molecule has 3 aromatic rings. The lowest BCUT2D eigenvalue weighted by Gasteiger charge is -2.09. The monoisotopic (exact) mass is 526 g/mol. The van der Waals surface area contributed by atoms with Crippen LogP contribution >= 0.6 is 27.3 Å². The number of benzene rings is 2. The van der Waals surface area contributed by atoms with Crippen LogP contribution < -0.4 is 10.1 Å². The molecule has 1 aromatic heterocycles. The van der Waals surface area contributed by atoms with Crippen LogP contribution in [-0.2, 0) is 9.53 Å². The summed E-state index contributed by atoms with van der Waals surface area (Å²) in [7, 11) is 1.56. The second kappa shape index (κ2) is 10.8. The van der Waals surface area contributed by atoms with Crippen LogP contribution in [0.1, 0.15) is 22.8 Å². The number of aromatic hydroxyl groups is 1. The zero-order chi connectivity index (χ0) is 24.0. The van der Waals surface area contributed by atoms with Gasteiger partial charge in [0.15, 0.2) is 0 Å². The van der Waals surface area contributed by atoms with Gasteiger partial charge in [-0.05, 0) is 48.9 Å². The number of esters is 1. The van der Waals surface area contributed by atoms with Gasteiger partial charge in [0.25, 0.3) is 5.91 Å². The predicted molar refractivity (Wildman–Crippen MR) is 130 cm³/mol. The van der Waals surface area contributed by atoms with Crippen molar-refractivity contribution in [2.24, 2.45) is 0 Å². The highest BCUT2D eigenvalue weighted by Crippen LogP contribution is 2.37. The summed E-state index contributed by atoms with van der Waals surface area (Å²) >= 11 is 4.44. The van der Waals surface area contributed by atoms with E-state index in [0.29, 0.717) is 21.3 Å². The molecule has 0 radical (unpaired) electrons. The molecule has 1 heterocycles. The molecule has 0 aliphatic carbocycles. The zero-order valence-corrected chi connectivity index (χ0v) is 20.1. The fraction of sp³-hybridized carbons (Fsp3) is 0.125. The molecule has 2 aromatic carbocycles. The molecular weight excluding hydrogens is 508 g/mol. The first kappa shape index (κ1) is 24.0. The number of amides is 1. The van der Waals surface area contributed by atoms with Crippen molar-refractivity contribution >= 4 is 50.2 Å². The van der Waals surface area contributed by atoms with E-state index in [2.05, 4.69) is 21.2 Å². The van der Waals surface area contributed by atoms with Crippen LogP contribution in [0.4, 0.5) is 5.00 Å². The quantitative estimate of drug-likeness (QED) is 0.235. The third kappa shape index (κ3) is 5.61. The number of nitrogens with zero attached hydrogens (tertiary/aromatic N) is 1. The Balaban J connectivity index is 1.98. The molecule has 33 heavy (non-hydrogen) atoms. The van der Waals surface area contributed by atoms with Crippen LogP contribution in [0.5, 0.6) is 11.5 Å². The Morgan fingerprint density at radius 1 is 1.24 bits per heavy atom. The van der Waals surface area contributed by atoms with E-state index >= 15 is 0 Å². The standard InChI is InChI=1S/C24H19BrN2O5S/c1-3-32-24(30)21-19(14-4-7-18(31-2)8-5-14)13-33-23(21)27-22(29)16(12-26)10-15-11-17(25)6-9-20(15)28/h4-11,13,28H,3H2,1-2H3,(H,27,29). The van der Waals surface area contributed by atoms with Crippen LogP contribution in [0.3, 0.4) is 0 Å². The second-order valence-corrected chi connectivity index (χ2v) is 8.42. The number of phenols is 1. The number of nitriles is 1. The number of carbonyl (C=O) groups is 2. The highest BCUT2D eigenvalue weighted by Gasteiger charge is 2.24. The van der Waals surface area contributed by atoms with Gasteiger partial charge in [-0.3, -0.25) is 4.79 Å². The molecule has 7 nitrogen and oxygen atoms in total. The lowest BCUT2D eigenvalue weighted by Crippen LogP contribution is -2.16. The van der Waals surface area contributed by atoms with Crippen LogP contribution in [0.25, 0.3) is 17.2 Å². The molecule has 9 heteroatoms. The SMILES string of the molecule is CCOC(=O)c1c(-c2ccc(OC)cc2)csc1NC(=O)C(C#N)=Cc1cc(Br)ccc1O. The molecule has 0 fully saturated rings. The average Bonchev–Trinajstić information content (AvgIpc) is 3.23. The largest absolute Gasteiger partial charge is 0.507 e. The van der Waals surface area contributed by atoms with Crippen LogP contribution in [0.15, 0.2) is 57.9 Å². The van der Waals surface area contributed by atoms with Crippen LogP contribution in [0.2, 0.25) is 0 Å². The molecule has 0 saturated heterocycles. The zero-order valence-electron chi connectivity index (χ0n) is 17.7. The normalized spacial score (nSPS) is 10.9. The van der Waals surface area contributed by atoms with E-state index in [-0.39, 0.29) is 28.5 Å². The molecule has 0 atom stereocenters. The molecule has 0 aliphatic heterocycles. The lowest BCUT2D eigenvalue weighted by molar-refractivity contribution is -0.112. The highest BCUT2D eigenvalue weighted by molar-refractivity contribution is 9.10. The Hall–Kier alpha value is -3.61. The Bertz CT molecular complexity index is 1260. The van der Waals surface area contributed by atoms with E-state index in [9.17, 15) is 20.0 Å². The highest BCUT2D eigenvalue weighted by atomic mass is 79.9. The fourth-order valence-corrected chi connectivity index (χ4v) is 4.29. The maximum Gasteiger partial charge on any atom is 0.341 e. The Labute approximate surface area is 203 Å². The first-order valence-electron chi connectivity index (χ1n) is 9.72. The van der Waals surface area contributed by atoms with Gasteiger partial charge in [0, 0.05) is 21.0 Å². The molecular formula is C24H19BrN2O5S. The number of halogens is 1. The van der Waals surface area contributed by atoms with Crippen molar-refractivity contribution in [3.63, 3.8) is 0 Å². The summed E-state index contributed by atoms with van der Waals surface area (Å²) in [5, 5.41) is 24.2. The van der Waals surface area contributed by atoms with E-state index in [1.54, 1.807) is 55.8 Å². The van der Waals surface area contributed by atoms with Crippen molar-refractivity contribution in [3.8, 4) is 28.7 Å². The van der Waals surface area contributed by atoms with Crippen molar-refractivity contribution in [2.75, 3.05) is 19.0 Å². The smallest absolute Gasteiger partial charge is 0.341 e. The van der Waals surface area contributed by atoms with Crippen molar-refractivity contribution in [3.05, 3.63) is 69.0 Å². The molecule has 1 amide bonds. The number of methoxy groups -OCH3 is 1. The van der Waals surface area contributed by atoms with Gasteiger partial charge in [-0.2, -0.15) is 5.26 Å². The maximum absolute atomic E-state index is 12.8. The first-order chi connectivity index (χ1) is 15.9. The van der Waals surface area contributed by atoms with Gasteiger partial charge in [-0.25, -0.2) is 4.79 Å². The number of carbonyl (C=O) groups excluding carboxylic acids is 2. The minimum absolute atomic E-state index is 0.0797. The molecule has 0 spiro atoms. The Morgan fingerprint density at radius 2 is 1.97 bits per heavy atom. The number of ether oxygens (including phenoxy) is 2. The predicted octanol–water partition coefficient (Wildman–Crippen LogP) is 5.61. The summed E-state index contributed by atoms with van der Waals surface area (Å²) in [6.07, 6.45) is 1.28. The summed E-state index contributed by atoms with van der Waals surface area (Å²) in [4.78, 5) is 25.6. The number of hydrogen-bond acceptors (Lipinski definition) is 7. The number of phenolic OH excluding ortho intramolecular Hbond substituents is 1. The first-order valence-corrected chi connectivity index (χ1v) is 11.4. The van der Waals surface area contributed by atoms with Gasteiger partial charge < -0.3 is 19.9 Å². The van der Waals surface area contributed by atoms with E-state index in [1.807, 2.05) is 6.07 Å². The molecule has 3 rings (SSSR count). The van der Waals surface area contributed by atoms with Crippen molar-refractivity contribution in [1.82, 2.24) is 0 Å². The summed E-state index contributed by atoms with van der Waals surface area (Å²) < 4.78 is 11.1. The molecule has 0 saturated carbocycles. The van der Waals surface area contributed by atoms with Crippen molar-refractivity contribution in [2.45, 2.75) is 6.92 Å². The topological polar surface area (TPSA) is 109 Å². The third-order valence-electron chi connectivity index (χ3n) is 4.55. The molecule has 2 N–H and O–H groups in total. The molecule has 0 bridgehead atoms. The second-order valence-electron chi connectivity index (χ2n) is 6.63. The van der Waals surface area contributed by atoms with Gasteiger partial charge in [0.2, 0.25) is 0 Å². The van der Waals surface area contributed by atoms with Crippen LogP contribution in [0, 0.1) is 11.3 Å². The minimum Gasteiger partial charge on any atom is -0.507 e. The van der Waals surface area contributed by atoms with Crippen molar-refractivity contribution < 1.29 is 24.2 Å².